The highest BCUT2D eigenvalue weighted by atomic mass is 16.2. The van der Waals surface area contributed by atoms with Crippen molar-refractivity contribution in [2.45, 2.75) is 26.7 Å². The Labute approximate surface area is 188 Å². The van der Waals surface area contributed by atoms with E-state index < -0.39 is 0 Å². The number of nitrogens with one attached hydrogen (secondary N) is 4. The zero-order chi connectivity index (χ0) is 22.8. The number of rotatable bonds is 8. The van der Waals surface area contributed by atoms with Crippen molar-refractivity contribution in [3.8, 4) is 0 Å². The molecule has 2 amide bonds. The number of amidine groups is 2. The Hall–Kier alpha value is -3.94. The van der Waals surface area contributed by atoms with Crippen LogP contribution in [0, 0.1) is 5.41 Å². The lowest BCUT2D eigenvalue weighted by atomic mass is 10.2. The highest BCUT2D eigenvalue weighted by Crippen LogP contribution is 2.14. The summed E-state index contributed by atoms with van der Waals surface area (Å²) in [5.74, 6) is 0.930. The third-order valence-electron chi connectivity index (χ3n) is 4.68. The van der Waals surface area contributed by atoms with Gasteiger partial charge >= 0.3 is 6.03 Å². The number of nitrogens with zero attached hydrogens (tertiary/aromatic N) is 3. The van der Waals surface area contributed by atoms with E-state index in [2.05, 4.69) is 44.3 Å². The van der Waals surface area contributed by atoms with Gasteiger partial charge in [0.05, 0.1) is 17.6 Å². The molecule has 0 saturated carbocycles. The fraction of sp³-hybridized carbons (Fsp3) is 0.250. The molecule has 8 heteroatoms. The van der Waals surface area contributed by atoms with E-state index in [1.54, 1.807) is 48.8 Å². The molecule has 2 aromatic heterocycles. The number of aromatic amines is 1. The van der Waals surface area contributed by atoms with E-state index in [1.807, 2.05) is 18.3 Å². The molecule has 0 atom stereocenters. The summed E-state index contributed by atoms with van der Waals surface area (Å²) in [4.78, 5) is 26.2. The molecule has 2 heterocycles. The molecule has 4 N–H and O–H groups in total. The van der Waals surface area contributed by atoms with Crippen molar-refractivity contribution < 1.29 is 4.79 Å². The number of carbonyl (C=O) groups is 1. The molecular formula is C24H29N7O. The van der Waals surface area contributed by atoms with Gasteiger partial charge in [-0.15, -0.1) is 0 Å². The highest BCUT2D eigenvalue weighted by Gasteiger charge is 2.15. The maximum absolute atomic E-state index is 12.2. The molecule has 0 aliphatic heterocycles. The second-order valence-corrected chi connectivity index (χ2v) is 7.25. The summed E-state index contributed by atoms with van der Waals surface area (Å²) < 4.78 is 0. The summed E-state index contributed by atoms with van der Waals surface area (Å²) in [6.07, 6.45) is 7.07. The molecule has 0 aliphatic rings. The highest BCUT2D eigenvalue weighted by molar-refractivity contribution is 6.10. The summed E-state index contributed by atoms with van der Waals surface area (Å²) >= 11 is 0. The summed E-state index contributed by atoms with van der Waals surface area (Å²) in [5.41, 5.74) is 2.79. The Morgan fingerprint density at radius 1 is 1.03 bits per heavy atom. The lowest BCUT2D eigenvalue weighted by Crippen LogP contribution is -2.34. The Morgan fingerprint density at radius 2 is 1.75 bits per heavy atom. The standard InChI is InChI=1S/C24H29N7O/c1-3-15-31(16-4-2)23(21-8-6-14-27-21)30-22(25)18-9-11-19(12-10-18)28-24(32)29-20-7-5-13-26-17-20/h5-14,17,25,27H,3-4,15-16H2,1-2H3,(H2,28,29,32). The number of anilines is 2. The number of hydrogen-bond donors (Lipinski definition) is 4. The van der Waals surface area contributed by atoms with Crippen molar-refractivity contribution in [2.75, 3.05) is 23.7 Å². The quantitative estimate of drug-likeness (QED) is 0.299. The van der Waals surface area contributed by atoms with Gasteiger partial charge in [-0.1, -0.05) is 13.8 Å². The number of urea groups is 1. The van der Waals surface area contributed by atoms with Gasteiger partial charge < -0.3 is 20.5 Å². The molecule has 0 fully saturated rings. The summed E-state index contributed by atoms with van der Waals surface area (Å²) in [6.45, 7) is 6.01. The van der Waals surface area contributed by atoms with Crippen LogP contribution in [0.3, 0.4) is 0 Å². The predicted molar refractivity (Wildman–Crippen MR) is 130 cm³/mol. The van der Waals surface area contributed by atoms with Gasteiger partial charge in [0.15, 0.2) is 11.7 Å². The number of carbonyl (C=O) groups excluding carboxylic acids is 1. The van der Waals surface area contributed by atoms with Gasteiger partial charge in [0.2, 0.25) is 0 Å². The number of aliphatic imine (C=N–C) groups is 1. The minimum Gasteiger partial charge on any atom is -0.359 e. The van der Waals surface area contributed by atoms with E-state index in [9.17, 15) is 4.79 Å². The van der Waals surface area contributed by atoms with E-state index in [0.717, 1.165) is 37.5 Å². The van der Waals surface area contributed by atoms with Crippen molar-refractivity contribution in [1.29, 1.82) is 5.41 Å². The van der Waals surface area contributed by atoms with Crippen LogP contribution in [0.5, 0.6) is 0 Å². The van der Waals surface area contributed by atoms with Crippen LogP contribution < -0.4 is 10.6 Å². The van der Waals surface area contributed by atoms with Crippen LogP contribution in [0.2, 0.25) is 0 Å². The van der Waals surface area contributed by atoms with Gasteiger partial charge in [-0.25, -0.2) is 9.79 Å². The molecule has 0 aliphatic carbocycles. The molecule has 166 valence electrons. The van der Waals surface area contributed by atoms with E-state index in [-0.39, 0.29) is 11.9 Å². The topological polar surface area (TPSA) is 109 Å². The fourth-order valence-electron chi connectivity index (χ4n) is 3.25. The Bertz CT molecular complexity index is 1020. The van der Waals surface area contributed by atoms with Gasteiger partial charge in [0.1, 0.15) is 0 Å². The average Bonchev–Trinajstić information content (AvgIpc) is 3.33. The maximum Gasteiger partial charge on any atom is 0.323 e. The SMILES string of the molecule is CCCN(CCC)C(=NC(=N)c1ccc(NC(=O)Nc2cccnc2)cc1)c1ccc[nH]1. The van der Waals surface area contributed by atoms with Gasteiger partial charge in [0, 0.05) is 36.7 Å². The van der Waals surface area contributed by atoms with Crippen LogP contribution in [0.25, 0.3) is 0 Å². The van der Waals surface area contributed by atoms with Crippen LogP contribution in [0.15, 0.2) is 72.1 Å². The molecular weight excluding hydrogens is 402 g/mol. The number of pyridine rings is 1. The first kappa shape index (κ1) is 22.7. The molecule has 1 aromatic carbocycles. The smallest absolute Gasteiger partial charge is 0.323 e. The molecule has 32 heavy (non-hydrogen) atoms. The van der Waals surface area contributed by atoms with Crippen LogP contribution in [0.1, 0.15) is 37.9 Å². The minimum absolute atomic E-state index is 0.165. The van der Waals surface area contributed by atoms with Crippen molar-refractivity contribution in [3.63, 3.8) is 0 Å². The minimum atomic E-state index is -0.359. The van der Waals surface area contributed by atoms with Crippen LogP contribution in [-0.2, 0) is 0 Å². The second-order valence-electron chi connectivity index (χ2n) is 7.25. The summed E-state index contributed by atoms with van der Waals surface area (Å²) in [5, 5.41) is 14.0. The van der Waals surface area contributed by atoms with Crippen LogP contribution >= 0.6 is 0 Å². The molecule has 0 radical (unpaired) electrons. The van der Waals surface area contributed by atoms with E-state index in [4.69, 9.17) is 5.41 Å². The molecule has 8 nitrogen and oxygen atoms in total. The maximum atomic E-state index is 12.2. The summed E-state index contributed by atoms with van der Waals surface area (Å²) in [6, 6.07) is 14.1. The van der Waals surface area contributed by atoms with Crippen molar-refractivity contribution in [2.24, 2.45) is 4.99 Å². The third kappa shape index (κ3) is 6.28. The Balaban J connectivity index is 1.72. The number of H-pyrrole nitrogens is 1. The van der Waals surface area contributed by atoms with Crippen molar-refractivity contribution in [1.82, 2.24) is 14.9 Å². The Morgan fingerprint density at radius 3 is 2.34 bits per heavy atom. The third-order valence-corrected chi connectivity index (χ3v) is 4.68. The van der Waals surface area contributed by atoms with Crippen LogP contribution in [-0.4, -0.2) is 45.7 Å². The number of aromatic nitrogens is 2. The largest absolute Gasteiger partial charge is 0.359 e. The fourth-order valence-corrected chi connectivity index (χ4v) is 3.25. The lowest BCUT2D eigenvalue weighted by molar-refractivity contribution is 0.262. The van der Waals surface area contributed by atoms with Crippen molar-refractivity contribution in [3.05, 3.63) is 78.4 Å². The Kier molecular flexibility index (Phi) is 8.14. The normalized spacial score (nSPS) is 11.1. The molecule has 3 rings (SSSR count). The number of amides is 2. The first-order valence-corrected chi connectivity index (χ1v) is 10.7. The number of benzene rings is 1. The monoisotopic (exact) mass is 431 g/mol. The van der Waals surface area contributed by atoms with Gasteiger partial charge in [-0.05, 0) is 61.4 Å². The van der Waals surface area contributed by atoms with E-state index in [1.165, 1.54) is 0 Å². The molecule has 3 aromatic rings. The van der Waals surface area contributed by atoms with Crippen molar-refractivity contribution >= 4 is 29.1 Å². The summed E-state index contributed by atoms with van der Waals surface area (Å²) in [7, 11) is 0. The van der Waals surface area contributed by atoms with Gasteiger partial charge in [0.25, 0.3) is 0 Å². The van der Waals surface area contributed by atoms with E-state index >= 15 is 0 Å². The van der Waals surface area contributed by atoms with Gasteiger partial charge in [-0.2, -0.15) is 0 Å². The van der Waals surface area contributed by atoms with Gasteiger partial charge in [-0.3, -0.25) is 10.4 Å². The number of hydrogen-bond acceptors (Lipinski definition) is 3. The molecule has 0 bridgehead atoms. The molecule has 0 unspecified atom stereocenters. The van der Waals surface area contributed by atoms with E-state index in [0.29, 0.717) is 16.9 Å². The first-order valence-electron chi connectivity index (χ1n) is 10.7. The second kappa shape index (κ2) is 11.5. The lowest BCUT2D eigenvalue weighted by Gasteiger charge is -2.25. The first-order chi connectivity index (χ1) is 15.6. The van der Waals surface area contributed by atoms with Crippen LogP contribution in [0.4, 0.5) is 16.2 Å². The average molecular weight is 432 g/mol. The molecule has 0 spiro atoms. The zero-order valence-electron chi connectivity index (χ0n) is 18.4. The predicted octanol–water partition coefficient (Wildman–Crippen LogP) is 4.95. The molecule has 0 saturated heterocycles. The zero-order valence-corrected chi connectivity index (χ0v) is 18.4.